The lowest BCUT2D eigenvalue weighted by Crippen LogP contribution is -1.99. The van der Waals surface area contributed by atoms with Crippen LogP contribution >= 0.6 is 15.9 Å². The number of halogens is 1. The van der Waals surface area contributed by atoms with Crippen molar-refractivity contribution in [3.8, 4) is 11.3 Å². The van der Waals surface area contributed by atoms with Gasteiger partial charge in [0.25, 0.3) is 5.95 Å². The summed E-state index contributed by atoms with van der Waals surface area (Å²) in [6, 6.07) is 10.00. The van der Waals surface area contributed by atoms with Crippen LogP contribution < -0.4 is 5.32 Å². The van der Waals surface area contributed by atoms with Crippen LogP contribution in [0.25, 0.3) is 11.3 Å². The Bertz CT molecular complexity index is 707. The molecule has 0 saturated heterocycles. The average molecular weight is 334 g/mol. The lowest BCUT2D eigenvalue weighted by molar-refractivity contribution is 0.530. The summed E-state index contributed by atoms with van der Waals surface area (Å²) in [5, 5.41) is 16.5. The number of anilines is 1. The smallest absolute Gasteiger partial charge is 0.263 e. The van der Waals surface area contributed by atoms with Gasteiger partial charge >= 0.3 is 0 Å². The molecule has 0 spiro atoms. The quantitative estimate of drug-likeness (QED) is 0.766. The van der Waals surface area contributed by atoms with Crippen molar-refractivity contribution in [2.24, 2.45) is 0 Å². The Labute approximate surface area is 123 Å². The Kier molecular flexibility index (Phi) is 3.51. The maximum Gasteiger partial charge on any atom is 0.263 e. The van der Waals surface area contributed by atoms with Crippen molar-refractivity contribution in [2.75, 3.05) is 5.32 Å². The highest BCUT2D eigenvalue weighted by atomic mass is 79.9. The van der Waals surface area contributed by atoms with E-state index in [9.17, 15) is 0 Å². The van der Waals surface area contributed by atoms with Gasteiger partial charge in [-0.15, -0.1) is 5.10 Å². The van der Waals surface area contributed by atoms with Crippen LogP contribution in [-0.2, 0) is 6.54 Å². The van der Waals surface area contributed by atoms with E-state index in [0.29, 0.717) is 12.5 Å². The molecule has 3 rings (SSSR count). The lowest BCUT2D eigenvalue weighted by atomic mass is 10.1. The summed E-state index contributed by atoms with van der Waals surface area (Å²) in [4.78, 5) is 0. The number of aryl methyl sites for hydroxylation is 1. The number of rotatable bonds is 4. The fraction of sp³-hybridized carbons (Fsp3) is 0.154. The van der Waals surface area contributed by atoms with Crippen LogP contribution in [-0.4, -0.2) is 20.6 Å². The second-order valence-electron chi connectivity index (χ2n) is 4.31. The Morgan fingerprint density at radius 3 is 2.95 bits per heavy atom. The molecule has 7 heteroatoms. The topological polar surface area (TPSA) is 79.6 Å². The predicted octanol–water partition coefficient (Wildman–Crippen LogP) is 3.14. The molecule has 20 heavy (non-hydrogen) atoms. The van der Waals surface area contributed by atoms with Crippen molar-refractivity contribution < 1.29 is 4.42 Å². The van der Waals surface area contributed by atoms with Crippen molar-refractivity contribution in [3.05, 3.63) is 46.1 Å². The van der Waals surface area contributed by atoms with E-state index in [1.807, 2.05) is 24.3 Å². The summed E-state index contributed by atoms with van der Waals surface area (Å²) in [6.45, 7) is 2.56. The number of aromatic amines is 1. The van der Waals surface area contributed by atoms with E-state index in [0.717, 1.165) is 27.1 Å². The molecule has 1 aromatic carbocycles. The van der Waals surface area contributed by atoms with Crippen LogP contribution in [0.15, 0.2) is 39.2 Å². The van der Waals surface area contributed by atoms with Gasteiger partial charge in [-0.25, -0.2) is 0 Å². The SMILES string of the molecule is Cc1cc(Br)ccc1-c1ccc(CNc2nn[nH]n2)o1. The maximum atomic E-state index is 5.82. The van der Waals surface area contributed by atoms with Crippen LogP contribution in [0, 0.1) is 6.92 Å². The molecule has 0 bridgehead atoms. The van der Waals surface area contributed by atoms with E-state index in [-0.39, 0.29) is 0 Å². The third-order valence-corrected chi connectivity index (χ3v) is 3.37. The minimum atomic E-state index is 0.447. The van der Waals surface area contributed by atoms with Crippen LogP contribution in [0.5, 0.6) is 0 Å². The van der Waals surface area contributed by atoms with Gasteiger partial charge in [0.05, 0.1) is 6.54 Å². The molecule has 0 aliphatic rings. The van der Waals surface area contributed by atoms with E-state index >= 15 is 0 Å². The molecule has 2 heterocycles. The zero-order valence-corrected chi connectivity index (χ0v) is 12.3. The van der Waals surface area contributed by atoms with Crippen LogP contribution in [0.4, 0.5) is 5.95 Å². The second-order valence-corrected chi connectivity index (χ2v) is 5.23. The standard InChI is InChI=1S/C13H12BrN5O/c1-8-6-9(14)2-4-11(8)12-5-3-10(20-12)7-15-13-16-18-19-17-13/h2-6H,7H2,1H3,(H2,15,16,17,18,19). The van der Waals surface area contributed by atoms with Crippen molar-refractivity contribution in [3.63, 3.8) is 0 Å². The highest BCUT2D eigenvalue weighted by molar-refractivity contribution is 9.10. The molecule has 0 atom stereocenters. The van der Waals surface area contributed by atoms with Gasteiger partial charge in [0.1, 0.15) is 11.5 Å². The van der Waals surface area contributed by atoms with Gasteiger partial charge in [-0.3, -0.25) is 0 Å². The first-order valence-corrected chi connectivity index (χ1v) is 6.84. The van der Waals surface area contributed by atoms with Gasteiger partial charge in [0.15, 0.2) is 0 Å². The van der Waals surface area contributed by atoms with E-state index < -0.39 is 0 Å². The average Bonchev–Trinajstić information content (AvgIpc) is 3.07. The Morgan fingerprint density at radius 2 is 2.20 bits per heavy atom. The number of nitrogens with zero attached hydrogens (tertiary/aromatic N) is 3. The maximum absolute atomic E-state index is 5.82. The fourth-order valence-corrected chi connectivity index (χ4v) is 2.40. The zero-order chi connectivity index (χ0) is 13.9. The molecule has 2 aromatic heterocycles. The summed E-state index contributed by atoms with van der Waals surface area (Å²) in [5.41, 5.74) is 2.24. The monoisotopic (exact) mass is 333 g/mol. The third-order valence-electron chi connectivity index (χ3n) is 2.88. The largest absolute Gasteiger partial charge is 0.459 e. The minimum Gasteiger partial charge on any atom is -0.459 e. The summed E-state index contributed by atoms with van der Waals surface area (Å²) < 4.78 is 6.88. The first-order chi connectivity index (χ1) is 9.72. The molecule has 0 unspecified atom stereocenters. The zero-order valence-electron chi connectivity index (χ0n) is 10.7. The molecule has 0 radical (unpaired) electrons. The molecular formula is C13H12BrN5O. The molecule has 0 amide bonds. The number of hydrogen-bond donors (Lipinski definition) is 2. The molecule has 0 aliphatic heterocycles. The molecule has 2 N–H and O–H groups in total. The number of furan rings is 1. The summed E-state index contributed by atoms with van der Waals surface area (Å²) in [5.74, 6) is 2.11. The molecule has 0 saturated carbocycles. The highest BCUT2D eigenvalue weighted by Crippen LogP contribution is 2.27. The van der Waals surface area contributed by atoms with Crippen LogP contribution in [0.2, 0.25) is 0 Å². The van der Waals surface area contributed by atoms with Gasteiger partial charge in [0.2, 0.25) is 0 Å². The molecule has 102 valence electrons. The van der Waals surface area contributed by atoms with Gasteiger partial charge in [-0.1, -0.05) is 21.0 Å². The molecule has 3 aromatic rings. The van der Waals surface area contributed by atoms with Gasteiger partial charge in [-0.2, -0.15) is 5.21 Å². The van der Waals surface area contributed by atoms with E-state index in [4.69, 9.17) is 4.42 Å². The summed E-state index contributed by atoms with van der Waals surface area (Å²) in [7, 11) is 0. The second kappa shape index (κ2) is 5.46. The Hall–Kier alpha value is -2.15. The number of H-pyrrole nitrogens is 1. The Morgan fingerprint density at radius 1 is 1.30 bits per heavy atom. The molecule has 0 fully saturated rings. The van der Waals surface area contributed by atoms with Crippen LogP contribution in [0.3, 0.4) is 0 Å². The lowest BCUT2D eigenvalue weighted by Gasteiger charge is -2.03. The van der Waals surface area contributed by atoms with Crippen molar-refractivity contribution in [2.45, 2.75) is 13.5 Å². The van der Waals surface area contributed by atoms with Crippen molar-refractivity contribution >= 4 is 21.9 Å². The Balaban J connectivity index is 1.76. The third kappa shape index (κ3) is 2.72. The number of hydrogen-bond acceptors (Lipinski definition) is 5. The van der Waals surface area contributed by atoms with Gasteiger partial charge < -0.3 is 9.73 Å². The van der Waals surface area contributed by atoms with E-state index in [1.54, 1.807) is 0 Å². The van der Waals surface area contributed by atoms with E-state index in [2.05, 4.69) is 54.9 Å². The predicted molar refractivity (Wildman–Crippen MR) is 78.1 cm³/mol. The molecular weight excluding hydrogens is 322 g/mol. The van der Waals surface area contributed by atoms with Crippen molar-refractivity contribution in [1.29, 1.82) is 0 Å². The number of aromatic nitrogens is 4. The first-order valence-electron chi connectivity index (χ1n) is 6.05. The summed E-state index contributed by atoms with van der Waals surface area (Å²) >= 11 is 3.46. The highest BCUT2D eigenvalue weighted by Gasteiger charge is 2.08. The van der Waals surface area contributed by atoms with E-state index in [1.165, 1.54) is 0 Å². The molecule has 6 nitrogen and oxygen atoms in total. The first kappa shape index (κ1) is 12.9. The van der Waals surface area contributed by atoms with Crippen LogP contribution in [0.1, 0.15) is 11.3 Å². The van der Waals surface area contributed by atoms with Gasteiger partial charge in [0, 0.05) is 10.0 Å². The minimum absolute atomic E-state index is 0.447. The summed E-state index contributed by atoms with van der Waals surface area (Å²) in [6.07, 6.45) is 0. The fourth-order valence-electron chi connectivity index (χ4n) is 1.92. The molecule has 0 aliphatic carbocycles. The number of tetrazole rings is 1. The normalized spacial score (nSPS) is 10.7. The van der Waals surface area contributed by atoms with Crippen molar-refractivity contribution in [1.82, 2.24) is 20.6 Å². The number of nitrogens with one attached hydrogen (secondary N) is 2. The van der Waals surface area contributed by atoms with Gasteiger partial charge in [-0.05, 0) is 48.0 Å². The number of benzene rings is 1.